The lowest BCUT2D eigenvalue weighted by Crippen LogP contribution is -2.64. The first kappa shape index (κ1) is 18.4. The van der Waals surface area contributed by atoms with Gasteiger partial charge in [-0.2, -0.15) is 0 Å². The molecule has 0 amide bonds. The zero-order chi connectivity index (χ0) is 17.5. The molecule has 134 valence electrons. The summed E-state index contributed by atoms with van der Waals surface area (Å²) >= 11 is 0. The van der Waals surface area contributed by atoms with Gasteiger partial charge in [0.25, 0.3) is 0 Å². The second-order valence-corrected chi connectivity index (χ2v) is 5.55. The lowest BCUT2D eigenvalue weighted by Gasteiger charge is -2.44. The molecule has 23 heavy (non-hydrogen) atoms. The summed E-state index contributed by atoms with van der Waals surface area (Å²) < 4.78 is 14.9. The van der Waals surface area contributed by atoms with E-state index in [-0.39, 0.29) is 0 Å². The average Bonchev–Trinajstić information content (AvgIpc) is 2.48. The number of ether oxygens (including phenoxy) is 3. The molecule has 0 aliphatic carbocycles. The SMILES string of the molecule is CC1OC(O)C(OC2OC(C(=O)O)C(O)C(O)C2O)C(O)C1O. The van der Waals surface area contributed by atoms with Gasteiger partial charge in [-0.3, -0.25) is 0 Å². The van der Waals surface area contributed by atoms with Crippen molar-refractivity contribution in [3.05, 3.63) is 0 Å². The number of carboxylic acid groups (broad SMARTS) is 1. The Balaban J connectivity index is 2.12. The Morgan fingerprint density at radius 2 is 1.48 bits per heavy atom. The molecular weight excluding hydrogens is 320 g/mol. The van der Waals surface area contributed by atoms with Crippen molar-refractivity contribution in [2.75, 3.05) is 0 Å². The molecule has 7 N–H and O–H groups in total. The van der Waals surface area contributed by atoms with E-state index in [0.29, 0.717) is 0 Å². The van der Waals surface area contributed by atoms with Crippen LogP contribution in [-0.2, 0) is 19.0 Å². The van der Waals surface area contributed by atoms with Crippen molar-refractivity contribution in [2.45, 2.75) is 68.3 Å². The second kappa shape index (κ2) is 6.93. The minimum atomic E-state index is -1.90. The zero-order valence-corrected chi connectivity index (χ0v) is 12.0. The van der Waals surface area contributed by atoms with E-state index in [1.54, 1.807) is 0 Å². The molecule has 10 unspecified atom stereocenters. The predicted octanol–water partition coefficient (Wildman–Crippen LogP) is -4.28. The molecule has 2 aliphatic rings. The van der Waals surface area contributed by atoms with Gasteiger partial charge in [0, 0.05) is 0 Å². The Morgan fingerprint density at radius 1 is 0.870 bits per heavy atom. The van der Waals surface area contributed by atoms with Crippen LogP contribution in [0, 0.1) is 0 Å². The Labute approximate surface area is 130 Å². The molecule has 0 spiro atoms. The number of rotatable bonds is 3. The highest BCUT2D eigenvalue weighted by Gasteiger charge is 2.51. The van der Waals surface area contributed by atoms with Crippen molar-refractivity contribution in [1.29, 1.82) is 0 Å². The van der Waals surface area contributed by atoms with Crippen LogP contribution in [0.5, 0.6) is 0 Å². The average molecular weight is 340 g/mol. The second-order valence-electron chi connectivity index (χ2n) is 5.55. The molecule has 2 fully saturated rings. The van der Waals surface area contributed by atoms with Gasteiger partial charge >= 0.3 is 5.97 Å². The predicted molar refractivity (Wildman–Crippen MR) is 67.8 cm³/mol. The summed E-state index contributed by atoms with van der Waals surface area (Å²) in [4.78, 5) is 11.0. The van der Waals surface area contributed by atoms with Gasteiger partial charge < -0.3 is 50.0 Å². The molecule has 2 heterocycles. The number of aliphatic hydroxyl groups is 6. The molecule has 0 radical (unpaired) electrons. The van der Waals surface area contributed by atoms with Gasteiger partial charge in [-0.15, -0.1) is 0 Å². The monoisotopic (exact) mass is 340 g/mol. The lowest BCUT2D eigenvalue weighted by atomic mass is 9.97. The first-order valence-electron chi connectivity index (χ1n) is 6.92. The van der Waals surface area contributed by atoms with Gasteiger partial charge in [-0.1, -0.05) is 0 Å². The van der Waals surface area contributed by atoms with Gasteiger partial charge in [-0.05, 0) is 6.92 Å². The quantitative estimate of drug-likeness (QED) is 0.263. The highest BCUT2D eigenvalue weighted by molar-refractivity contribution is 5.73. The fourth-order valence-corrected chi connectivity index (χ4v) is 2.49. The molecule has 0 aromatic carbocycles. The van der Waals surface area contributed by atoms with Crippen molar-refractivity contribution in [2.24, 2.45) is 0 Å². The van der Waals surface area contributed by atoms with Crippen LogP contribution in [0.25, 0.3) is 0 Å². The Kier molecular flexibility index (Phi) is 5.56. The number of aliphatic carboxylic acids is 1. The summed E-state index contributed by atoms with van der Waals surface area (Å²) in [6.07, 6.45) is -16.5. The van der Waals surface area contributed by atoms with Crippen molar-refractivity contribution < 1.29 is 54.8 Å². The largest absolute Gasteiger partial charge is 0.479 e. The van der Waals surface area contributed by atoms with Crippen molar-refractivity contribution in [3.8, 4) is 0 Å². The van der Waals surface area contributed by atoms with E-state index in [0.717, 1.165) is 0 Å². The number of carbonyl (C=O) groups is 1. The van der Waals surface area contributed by atoms with Crippen LogP contribution >= 0.6 is 0 Å². The molecule has 2 saturated heterocycles. The minimum Gasteiger partial charge on any atom is -0.479 e. The summed E-state index contributed by atoms with van der Waals surface area (Å²) in [7, 11) is 0. The first-order valence-corrected chi connectivity index (χ1v) is 6.92. The third-order valence-electron chi connectivity index (χ3n) is 3.91. The van der Waals surface area contributed by atoms with E-state index < -0.39 is 67.4 Å². The van der Waals surface area contributed by atoms with Crippen LogP contribution in [-0.4, -0.2) is 103 Å². The molecule has 0 bridgehead atoms. The molecule has 0 saturated carbocycles. The number of hydrogen-bond donors (Lipinski definition) is 7. The van der Waals surface area contributed by atoms with Crippen LogP contribution in [0.1, 0.15) is 6.92 Å². The fourth-order valence-electron chi connectivity index (χ4n) is 2.49. The van der Waals surface area contributed by atoms with E-state index in [4.69, 9.17) is 19.3 Å². The van der Waals surface area contributed by atoms with Crippen LogP contribution < -0.4 is 0 Å². The molecule has 11 heteroatoms. The smallest absolute Gasteiger partial charge is 0.335 e. The van der Waals surface area contributed by atoms with Crippen molar-refractivity contribution in [3.63, 3.8) is 0 Å². The van der Waals surface area contributed by atoms with Gasteiger partial charge in [0.15, 0.2) is 18.7 Å². The fraction of sp³-hybridized carbons (Fsp3) is 0.917. The molecule has 0 aromatic heterocycles. The zero-order valence-electron chi connectivity index (χ0n) is 12.0. The summed E-state index contributed by atoms with van der Waals surface area (Å²) in [5.41, 5.74) is 0. The summed E-state index contributed by atoms with van der Waals surface area (Å²) in [5, 5.41) is 67.3. The van der Waals surface area contributed by atoms with Crippen LogP contribution in [0.3, 0.4) is 0 Å². The molecule has 0 aromatic rings. The van der Waals surface area contributed by atoms with E-state index in [9.17, 15) is 35.4 Å². The van der Waals surface area contributed by atoms with E-state index in [1.165, 1.54) is 6.92 Å². The summed E-state index contributed by atoms with van der Waals surface area (Å²) in [5.74, 6) is -1.60. The van der Waals surface area contributed by atoms with Crippen LogP contribution in [0.4, 0.5) is 0 Å². The van der Waals surface area contributed by atoms with E-state index in [2.05, 4.69) is 0 Å². The third-order valence-corrected chi connectivity index (χ3v) is 3.91. The molecule has 10 atom stereocenters. The van der Waals surface area contributed by atoms with Crippen LogP contribution in [0.15, 0.2) is 0 Å². The Bertz CT molecular complexity index is 431. The normalized spacial score (nSPS) is 51.4. The first-order chi connectivity index (χ1) is 10.6. The van der Waals surface area contributed by atoms with Gasteiger partial charge in [0.05, 0.1) is 6.10 Å². The maximum Gasteiger partial charge on any atom is 0.335 e. The van der Waals surface area contributed by atoms with Gasteiger partial charge in [-0.25, -0.2) is 4.79 Å². The van der Waals surface area contributed by atoms with Crippen LogP contribution in [0.2, 0.25) is 0 Å². The standard InChI is InChI=1S/C12H20O11/c1-2-3(13)5(15)9(11(20)21-2)23-12-7(17)4(14)6(16)8(22-12)10(18)19/h2-9,11-17,20H,1H3,(H,18,19). The van der Waals surface area contributed by atoms with Gasteiger partial charge in [0.2, 0.25) is 0 Å². The summed E-state index contributed by atoms with van der Waals surface area (Å²) in [6.45, 7) is 1.40. The number of carboxylic acids is 1. The highest BCUT2D eigenvalue weighted by atomic mass is 16.7. The maximum atomic E-state index is 11.0. The van der Waals surface area contributed by atoms with Gasteiger partial charge in [0.1, 0.15) is 36.6 Å². The summed E-state index contributed by atoms with van der Waals surface area (Å²) in [6, 6.07) is 0. The number of aliphatic hydroxyl groups excluding tert-OH is 6. The highest BCUT2D eigenvalue weighted by Crippen LogP contribution is 2.28. The minimum absolute atomic E-state index is 0.892. The van der Waals surface area contributed by atoms with E-state index in [1.807, 2.05) is 0 Å². The third kappa shape index (κ3) is 3.47. The maximum absolute atomic E-state index is 11.0. The molecule has 2 rings (SSSR count). The topological polar surface area (TPSA) is 186 Å². The van der Waals surface area contributed by atoms with Crippen molar-refractivity contribution in [1.82, 2.24) is 0 Å². The Hall–Kier alpha value is -0.890. The lowest BCUT2D eigenvalue weighted by molar-refractivity contribution is -0.355. The van der Waals surface area contributed by atoms with Crippen molar-refractivity contribution >= 4 is 5.97 Å². The van der Waals surface area contributed by atoms with E-state index >= 15 is 0 Å². The number of hydrogen-bond acceptors (Lipinski definition) is 10. The Morgan fingerprint density at radius 3 is 2.04 bits per heavy atom. The molecular formula is C12H20O11. The molecule has 11 nitrogen and oxygen atoms in total. The molecule has 2 aliphatic heterocycles.